The molecule has 4 rings (SSSR count). The van der Waals surface area contributed by atoms with Gasteiger partial charge in [-0.1, -0.05) is 29.3 Å². The van der Waals surface area contributed by atoms with Crippen LogP contribution in [-0.4, -0.2) is 20.0 Å². The van der Waals surface area contributed by atoms with Gasteiger partial charge in [0.05, 0.1) is 16.8 Å². The second-order valence-corrected chi connectivity index (χ2v) is 7.18. The van der Waals surface area contributed by atoms with Crippen molar-refractivity contribution in [2.24, 2.45) is 7.05 Å². The fourth-order valence-corrected chi connectivity index (χ4v) is 3.33. The van der Waals surface area contributed by atoms with E-state index in [1.807, 2.05) is 19.1 Å². The van der Waals surface area contributed by atoms with E-state index in [1.165, 1.54) is 10.8 Å². The van der Waals surface area contributed by atoms with Crippen LogP contribution in [0.15, 0.2) is 64.3 Å². The number of fused-ring (bicyclic) bond motifs is 1. The van der Waals surface area contributed by atoms with Gasteiger partial charge in [0.1, 0.15) is 5.52 Å². The molecular formula is C21H17ClN4O3. The molecule has 0 fully saturated rings. The molecule has 0 spiro atoms. The van der Waals surface area contributed by atoms with Crippen molar-refractivity contribution in [3.63, 3.8) is 0 Å². The first-order valence-electron chi connectivity index (χ1n) is 8.83. The van der Waals surface area contributed by atoms with E-state index >= 15 is 0 Å². The van der Waals surface area contributed by atoms with Gasteiger partial charge >= 0.3 is 5.69 Å². The van der Waals surface area contributed by atoms with Crippen LogP contribution in [0.4, 0.5) is 5.69 Å². The van der Waals surface area contributed by atoms with Gasteiger partial charge in [0.2, 0.25) is 0 Å². The van der Waals surface area contributed by atoms with Gasteiger partial charge in [-0.3, -0.25) is 9.59 Å². The van der Waals surface area contributed by atoms with E-state index in [4.69, 9.17) is 11.6 Å². The van der Waals surface area contributed by atoms with Crippen molar-refractivity contribution < 1.29 is 4.79 Å². The molecule has 146 valence electrons. The summed E-state index contributed by atoms with van der Waals surface area (Å²) in [5.41, 5.74) is 1.52. The Morgan fingerprint density at radius 3 is 2.34 bits per heavy atom. The number of carbonyl (C=O) groups is 1. The van der Waals surface area contributed by atoms with Gasteiger partial charge in [-0.25, -0.2) is 9.36 Å². The molecule has 0 aliphatic heterocycles. The summed E-state index contributed by atoms with van der Waals surface area (Å²) < 4.78 is 2.59. The molecule has 0 aliphatic carbocycles. The van der Waals surface area contributed by atoms with Gasteiger partial charge in [-0.15, -0.1) is 0 Å². The monoisotopic (exact) mass is 408 g/mol. The van der Waals surface area contributed by atoms with Crippen LogP contribution < -0.4 is 16.6 Å². The van der Waals surface area contributed by atoms with Gasteiger partial charge in [0.15, 0.2) is 0 Å². The van der Waals surface area contributed by atoms with Crippen molar-refractivity contribution in [3.05, 3.63) is 91.7 Å². The van der Waals surface area contributed by atoms with Gasteiger partial charge < -0.3 is 14.9 Å². The van der Waals surface area contributed by atoms with E-state index < -0.39 is 17.2 Å². The highest BCUT2D eigenvalue weighted by atomic mass is 35.5. The Balaban J connectivity index is 1.83. The van der Waals surface area contributed by atoms with Gasteiger partial charge in [0.25, 0.3) is 11.5 Å². The number of hydrogen-bond donors (Lipinski definition) is 2. The lowest BCUT2D eigenvalue weighted by molar-refractivity contribution is 0.102. The number of hydrogen-bond acceptors (Lipinski definition) is 3. The molecular weight excluding hydrogens is 392 g/mol. The zero-order chi connectivity index (χ0) is 20.7. The number of nitrogens with one attached hydrogen (secondary N) is 2. The van der Waals surface area contributed by atoms with Crippen molar-refractivity contribution in [1.29, 1.82) is 0 Å². The van der Waals surface area contributed by atoms with Gasteiger partial charge in [0, 0.05) is 24.0 Å². The Bertz CT molecular complexity index is 1350. The second kappa shape index (κ2) is 7.10. The Hall–Kier alpha value is -3.58. The maximum atomic E-state index is 13.1. The standard InChI is InChI=1S/C21H17ClN4O3/c1-12-3-9-15(10-4-12)26-20(28)18-17(24-21(26)29)16(11-25(18)2)19(27)23-14-7-5-13(22)6-8-14/h3-11H,1-2H3,(H,23,27)(H,24,29). The Kier molecular flexibility index (Phi) is 4.60. The van der Waals surface area contributed by atoms with Crippen LogP contribution in [0.25, 0.3) is 16.7 Å². The highest BCUT2D eigenvalue weighted by Crippen LogP contribution is 2.19. The highest BCUT2D eigenvalue weighted by Gasteiger charge is 2.20. The van der Waals surface area contributed by atoms with Crippen molar-refractivity contribution >= 4 is 34.2 Å². The van der Waals surface area contributed by atoms with Crippen molar-refractivity contribution in [2.75, 3.05) is 5.32 Å². The number of anilines is 1. The average Bonchev–Trinajstić information content (AvgIpc) is 3.01. The summed E-state index contributed by atoms with van der Waals surface area (Å²) in [5, 5.41) is 3.29. The highest BCUT2D eigenvalue weighted by molar-refractivity contribution is 6.30. The topological polar surface area (TPSA) is 88.9 Å². The smallest absolute Gasteiger partial charge is 0.333 e. The number of aromatic amines is 1. The summed E-state index contributed by atoms with van der Waals surface area (Å²) >= 11 is 5.86. The van der Waals surface area contributed by atoms with Crippen LogP contribution in [0, 0.1) is 6.92 Å². The number of nitrogens with zero attached hydrogens (tertiary/aromatic N) is 2. The first-order chi connectivity index (χ1) is 13.8. The van der Waals surface area contributed by atoms with E-state index in [0.29, 0.717) is 16.4 Å². The predicted octanol–water partition coefficient (Wildman–Crippen LogP) is 3.23. The number of aromatic nitrogens is 3. The van der Waals surface area contributed by atoms with Crippen LogP contribution in [0.3, 0.4) is 0 Å². The van der Waals surface area contributed by atoms with Crippen LogP contribution in [0.2, 0.25) is 5.02 Å². The largest absolute Gasteiger partial charge is 0.344 e. The summed E-state index contributed by atoms with van der Waals surface area (Å²) in [6.07, 6.45) is 1.52. The molecule has 2 aromatic carbocycles. The number of H-pyrrole nitrogens is 1. The van der Waals surface area contributed by atoms with E-state index in [2.05, 4.69) is 10.3 Å². The number of carbonyl (C=O) groups excluding carboxylic acids is 1. The molecule has 0 saturated heterocycles. The number of halogens is 1. The lowest BCUT2D eigenvalue weighted by atomic mass is 10.2. The summed E-state index contributed by atoms with van der Waals surface area (Å²) in [7, 11) is 1.65. The number of amides is 1. The molecule has 0 unspecified atom stereocenters. The van der Waals surface area contributed by atoms with Crippen LogP contribution in [0.5, 0.6) is 0 Å². The maximum Gasteiger partial charge on any atom is 0.333 e. The van der Waals surface area contributed by atoms with Crippen LogP contribution in [-0.2, 0) is 7.05 Å². The fraction of sp³-hybridized carbons (Fsp3) is 0.0952. The van der Waals surface area contributed by atoms with Gasteiger partial charge in [-0.05, 0) is 43.3 Å². The quantitative estimate of drug-likeness (QED) is 0.545. The molecule has 1 amide bonds. The Morgan fingerprint density at radius 1 is 1.03 bits per heavy atom. The zero-order valence-corrected chi connectivity index (χ0v) is 16.4. The van der Waals surface area contributed by atoms with Gasteiger partial charge in [-0.2, -0.15) is 0 Å². The minimum Gasteiger partial charge on any atom is -0.344 e. The molecule has 8 heteroatoms. The van der Waals surface area contributed by atoms with E-state index in [1.54, 1.807) is 43.4 Å². The third kappa shape index (κ3) is 3.36. The third-order valence-electron chi connectivity index (χ3n) is 4.66. The summed E-state index contributed by atoms with van der Waals surface area (Å²) in [5.74, 6) is -0.443. The number of benzene rings is 2. The van der Waals surface area contributed by atoms with E-state index in [9.17, 15) is 14.4 Å². The fourth-order valence-electron chi connectivity index (χ4n) is 3.20. The molecule has 7 nitrogen and oxygen atoms in total. The SMILES string of the molecule is Cc1ccc(-n2c(=O)[nH]c3c(C(=O)Nc4ccc(Cl)cc4)cn(C)c3c2=O)cc1. The maximum absolute atomic E-state index is 13.1. The molecule has 0 bridgehead atoms. The average molecular weight is 409 g/mol. The molecule has 2 aromatic heterocycles. The normalized spacial score (nSPS) is 11.0. The lowest BCUT2D eigenvalue weighted by Gasteiger charge is -2.07. The minimum atomic E-state index is -0.613. The Morgan fingerprint density at radius 2 is 1.69 bits per heavy atom. The van der Waals surface area contributed by atoms with Crippen molar-refractivity contribution in [2.45, 2.75) is 6.92 Å². The van der Waals surface area contributed by atoms with Crippen molar-refractivity contribution in [1.82, 2.24) is 14.1 Å². The molecule has 0 radical (unpaired) electrons. The predicted molar refractivity (Wildman–Crippen MR) is 113 cm³/mol. The minimum absolute atomic E-state index is 0.192. The first kappa shape index (κ1) is 18.8. The molecule has 4 aromatic rings. The molecule has 0 saturated carbocycles. The molecule has 0 atom stereocenters. The van der Waals surface area contributed by atoms with Crippen molar-refractivity contribution in [3.8, 4) is 5.69 Å². The second-order valence-electron chi connectivity index (χ2n) is 6.74. The molecule has 29 heavy (non-hydrogen) atoms. The number of rotatable bonds is 3. The van der Waals surface area contributed by atoms with E-state index in [-0.39, 0.29) is 16.6 Å². The Labute approximate surface area is 170 Å². The van der Waals surface area contributed by atoms with Crippen LogP contribution in [0.1, 0.15) is 15.9 Å². The zero-order valence-electron chi connectivity index (χ0n) is 15.7. The first-order valence-corrected chi connectivity index (χ1v) is 9.21. The summed E-state index contributed by atoms with van der Waals surface area (Å²) in [6, 6.07) is 13.7. The summed E-state index contributed by atoms with van der Waals surface area (Å²) in [4.78, 5) is 41.2. The molecule has 2 N–H and O–H groups in total. The lowest BCUT2D eigenvalue weighted by Crippen LogP contribution is -2.34. The van der Waals surface area contributed by atoms with E-state index in [0.717, 1.165) is 10.1 Å². The molecule has 0 aliphatic rings. The summed E-state index contributed by atoms with van der Waals surface area (Å²) in [6.45, 7) is 1.92. The van der Waals surface area contributed by atoms with Crippen LogP contribution >= 0.6 is 11.6 Å². The third-order valence-corrected chi connectivity index (χ3v) is 4.91. The molecule has 2 heterocycles. The number of aryl methyl sites for hydroxylation is 2.